The van der Waals surface area contributed by atoms with E-state index < -0.39 is 12.0 Å². The Balaban J connectivity index is 2.32. The van der Waals surface area contributed by atoms with E-state index in [9.17, 15) is 14.3 Å². The van der Waals surface area contributed by atoms with Gasteiger partial charge in [-0.15, -0.1) is 0 Å². The number of carbonyl (C=O) groups excluding carboxylic acids is 1. The van der Waals surface area contributed by atoms with Crippen LogP contribution in [-0.2, 0) is 4.79 Å². The first-order chi connectivity index (χ1) is 7.59. The van der Waals surface area contributed by atoms with Gasteiger partial charge in [0.1, 0.15) is 5.82 Å². The molecule has 1 rings (SSSR count). The molecule has 16 heavy (non-hydrogen) atoms. The Morgan fingerprint density at radius 1 is 1.44 bits per heavy atom. The molecule has 0 heterocycles. The third-order valence-electron chi connectivity index (χ3n) is 2.15. The zero-order valence-electron chi connectivity index (χ0n) is 8.82. The molecule has 0 radical (unpaired) electrons. The minimum Gasteiger partial charge on any atom is -0.388 e. The van der Waals surface area contributed by atoms with Gasteiger partial charge in [-0.25, -0.2) is 4.39 Å². The second kappa shape index (κ2) is 6.19. The van der Waals surface area contributed by atoms with Crippen molar-refractivity contribution in [2.45, 2.75) is 12.5 Å². The number of nitrogens with two attached hydrogens (primary N) is 1. The van der Waals surface area contributed by atoms with Gasteiger partial charge in [0.15, 0.2) is 0 Å². The van der Waals surface area contributed by atoms with Crippen molar-refractivity contribution in [3.8, 4) is 0 Å². The SMILES string of the molecule is NC(=O)CNCCC(O)c1ccc(F)cc1. The summed E-state index contributed by atoms with van der Waals surface area (Å²) >= 11 is 0. The molecule has 1 aromatic rings. The maximum Gasteiger partial charge on any atom is 0.231 e. The Morgan fingerprint density at radius 2 is 2.06 bits per heavy atom. The standard InChI is InChI=1S/C11H15FN2O2/c12-9-3-1-8(2-4-9)10(15)5-6-14-7-11(13)16/h1-4,10,14-15H,5-7H2,(H2,13,16). The molecular formula is C11H15FN2O2. The van der Waals surface area contributed by atoms with Gasteiger partial charge in [-0.2, -0.15) is 0 Å². The lowest BCUT2D eigenvalue weighted by Crippen LogP contribution is -2.29. The highest BCUT2D eigenvalue weighted by atomic mass is 19.1. The minimum atomic E-state index is -0.666. The summed E-state index contributed by atoms with van der Waals surface area (Å²) in [4.78, 5) is 10.4. The first-order valence-electron chi connectivity index (χ1n) is 5.02. The van der Waals surface area contributed by atoms with Crippen molar-refractivity contribution in [3.05, 3.63) is 35.6 Å². The number of rotatable bonds is 6. The van der Waals surface area contributed by atoms with Gasteiger partial charge in [-0.1, -0.05) is 12.1 Å². The molecule has 0 aliphatic carbocycles. The van der Waals surface area contributed by atoms with Crippen molar-refractivity contribution < 1.29 is 14.3 Å². The van der Waals surface area contributed by atoms with Gasteiger partial charge in [0.2, 0.25) is 5.91 Å². The number of aliphatic hydroxyl groups excluding tert-OH is 1. The number of aliphatic hydroxyl groups is 1. The third-order valence-corrected chi connectivity index (χ3v) is 2.15. The van der Waals surface area contributed by atoms with Crippen LogP contribution in [-0.4, -0.2) is 24.1 Å². The van der Waals surface area contributed by atoms with E-state index in [1.54, 1.807) is 0 Å². The summed E-state index contributed by atoms with van der Waals surface area (Å²) in [6.45, 7) is 0.567. The average molecular weight is 226 g/mol. The molecule has 0 bridgehead atoms. The number of hydrogen-bond donors (Lipinski definition) is 3. The lowest BCUT2D eigenvalue weighted by Gasteiger charge is -2.10. The number of carbonyl (C=O) groups is 1. The molecule has 0 aliphatic heterocycles. The molecule has 0 spiro atoms. The Morgan fingerprint density at radius 3 is 2.62 bits per heavy atom. The predicted octanol–water partition coefficient (Wildman–Crippen LogP) is 0.324. The Bertz CT molecular complexity index is 340. The van der Waals surface area contributed by atoms with Crippen molar-refractivity contribution in [3.63, 3.8) is 0 Å². The van der Waals surface area contributed by atoms with Crippen LogP contribution in [0.1, 0.15) is 18.1 Å². The third kappa shape index (κ3) is 4.37. The van der Waals surface area contributed by atoms with E-state index in [0.717, 1.165) is 0 Å². The van der Waals surface area contributed by atoms with Crippen LogP contribution in [0.15, 0.2) is 24.3 Å². The summed E-state index contributed by atoms with van der Waals surface area (Å²) in [6.07, 6.45) is -0.222. The van der Waals surface area contributed by atoms with Crippen molar-refractivity contribution in [1.82, 2.24) is 5.32 Å². The first-order valence-corrected chi connectivity index (χ1v) is 5.02. The fraction of sp³-hybridized carbons (Fsp3) is 0.364. The Hall–Kier alpha value is -1.46. The first kappa shape index (κ1) is 12.6. The minimum absolute atomic E-state index is 0.0934. The number of amides is 1. The van der Waals surface area contributed by atoms with E-state index in [2.05, 4.69) is 5.32 Å². The molecule has 1 amide bonds. The van der Waals surface area contributed by atoms with Gasteiger partial charge in [-0.05, 0) is 30.7 Å². The fourth-order valence-corrected chi connectivity index (χ4v) is 1.30. The molecule has 0 aromatic heterocycles. The average Bonchev–Trinajstić information content (AvgIpc) is 2.25. The van der Waals surface area contributed by atoms with Crippen molar-refractivity contribution >= 4 is 5.91 Å². The van der Waals surface area contributed by atoms with Crippen molar-refractivity contribution in [2.24, 2.45) is 5.73 Å². The van der Waals surface area contributed by atoms with E-state index in [0.29, 0.717) is 18.5 Å². The largest absolute Gasteiger partial charge is 0.388 e. The van der Waals surface area contributed by atoms with Crippen LogP contribution in [0.5, 0.6) is 0 Å². The fourth-order valence-electron chi connectivity index (χ4n) is 1.30. The number of halogens is 1. The zero-order valence-corrected chi connectivity index (χ0v) is 8.82. The Kier molecular flexibility index (Phi) is 4.88. The quantitative estimate of drug-likeness (QED) is 0.612. The van der Waals surface area contributed by atoms with Crippen LogP contribution in [0.3, 0.4) is 0 Å². The number of hydrogen-bond acceptors (Lipinski definition) is 3. The van der Waals surface area contributed by atoms with Gasteiger partial charge in [-0.3, -0.25) is 4.79 Å². The highest BCUT2D eigenvalue weighted by Crippen LogP contribution is 2.15. The van der Waals surface area contributed by atoms with Crippen LogP contribution in [0, 0.1) is 5.82 Å². The lowest BCUT2D eigenvalue weighted by molar-refractivity contribution is -0.117. The van der Waals surface area contributed by atoms with Crippen LogP contribution in [0.25, 0.3) is 0 Å². The van der Waals surface area contributed by atoms with Crippen LogP contribution < -0.4 is 11.1 Å². The summed E-state index contributed by atoms with van der Waals surface area (Å²) < 4.78 is 12.6. The number of primary amides is 1. The molecule has 0 aliphatic rings. The lowest BCUT2D eigenvalue weighted by atomic mass is 10.1. The molecule has 1 atom stereocenters. The Labute approximate surface area is 93.3 Å². The van der Waals surface area contributed by atoms with Crippen LogP contribution in [0.4, 0.5) is 4.39 Å². The molecule has 4 nitrogen and oxygen atoms in total. The van der Waals surface area contributed by atoms with Crippen LogP contribution >= 0.6 is 0 Å². The highest BCUT2D eigenvalue weighted by molar-refractivity contribution is 5.75. The van der Waals surface area contributed by atoms with E-state index >= 15 is 0 Å². The summed E-state index contributed by atoms with van der Waals surface area (Å²) in [7, 11) is 0. The molecule has 5 heteroatoms. The molecule has 0 fully saturated rings. The van der Waals surface area contributed by atoms with E-state index in [1.807, 2.05) is 0 Å². The number of benzene rings is 1. The predicted molar refractivity (Wildman–Crippen MR) is 58.0 cm³/mol. The topological polar surface area (TPSA) is 75.4 Å². The van der Waals surface area contributed by atoms with Gasteiger partial charge < -0.3 is 16.2 Å². The highest BCUT2D eigenvalue weighted by Gasteiger charge is 2.06. The molecule has 0 saturated carbocycles. The van der Waals surface area contributed by atoms with E-state index in [1.165, 1.54) is 24.3 Å². The summed E-state index contributed by atoms with van der Waals surface area (Å²) in [5.74, 6) is -0.765. The summed E-state index contributed by atoms with van der Waals surface area (Å²) in [6, 6.07) is 5.67. The van der Waals surface area contributed by atoms with Crippen molar-refractivity contribution in [1.29, 1.82) is 0 Å². The second-order valence-corrected chi connectivity index (χ2v) is 3.50. The van der Waals surface area contributed by atoms with Gasteiger partial charge in [0.05, 0.1) is 12.6 Å². The van der Waals surface area contributed by atoms with Crippen molar-refractivity contribution in [2.75, 3.05) is 13.1 Å². The number of nitrogens with one attached hydrogen (secondary N) is 1. The normalized spacial score (nSPS) is 12.4. The maximum atomic E-state index is 12.6. The molecular weight excluding hydrogens is 211 g/mol. The van der Waals surface area contributed by atoms with Gasteiger partial charge in [0, 0.05) is 0 Å². The van der Waals surface area contributed by atoms with Gasteiger partial charge in [0.25, 0.3) is 0 Å². The molecule has 4 N–H and O–H groups in total. The second-order valence-electron chi connectivity index (χ2n) is 3.50. The van der Waals surface area contributed by atoms with E-state index in [-0.39, 0.29) is 12.4 Å². The molecule has 1 unspecified atom stereocenters. The monoisotopic (exact) mass is 226 g/mol. The molecule has 0 saturated heterocycles. The van der Waals surface area contributed by atoms with E-state index in [4.69, 9.17) is 5.73 Å². The summed E-state index contributed by atoms with van der Waals surface area (Å²) in [5.41, 5.74) is 5.59. The molecule has 1 aromatic carbocycles. The maximum absolute atomic E-state index is 12.6. The summed E-state index contributed by atoms with van der Waals surface area (Å²) in [5, 5.41) is 12.5. The van der Waals surface area contributed by atoms with Gasteiger partial charge >= 0.3 is 0 Å². The smallest absolute Gasteiger partial charge is 0.231 e. The zero-order chi connectivity index (χ0) is 12.0. The molecule has 88 valence electrons. The van der Waals surface area contributed by atoms with Crippen LogP contribution in [0.2, 0.25) is 0 Å².